The molecule has 1 saturated heterocycles. The first-order valence-electron chi connectivity index (χ1n) is 10.4. The van der Waals surface area contributed by atoms with Gasteiger partial charge < -0.3 is 10.1 Å². The summed E-state index contributed by atoms with van der Waals surface area (Å²) in [5.74, 6) is 0.0581. The van der Waals surface area contributed by atoms with Crippen LogP contribution in [0.5, 0.6) is 5.75 Å². The Morgan fingerprint density at radius 1 is 1.19 bits per heavy atom. The van der Waals surface area contributed by atoms with E-state index in [1.165, 1.54) is 4.31 Å². The van der Waals surface area contributed by atoms with Crippen LogP contribution in [0.15, 0.2) is 53.4 Å². The average Bonchev–Trinajstić information content (AvgIpc) is 3.15. The van der Waals surface area contributed by atoms with Crippen LogP contribution in [0.1, 0.15) is 25.8 Å². The Morgan fingerprint density at radius 2 is 1.88 bits per heavy atom. The first-order valence-corrected chi connectivity index (χ1v) is 11.8. The van der Waals surface area contributed by atoms with Crippen molar-refractivity contribution in [3.63, 3.8) is 0 Å². The fraction of sp³-hybridized carbons (Fsp3) is 0.364. The number of hydroxylamine groups is 1. The standard InChI is InChI=1S/C22H28N4O5S/c1-3-31-16-8-10-17(11-9-16)32(29,30)26-13-15(2)21(14-26)24-20-7-5-4-6-18(20)19(23)12-22(27)25-28/h4-11,15,21,23-24,28H,3,12-14H2,1-2H3,(H,25,27)/p+1/t15-,21+/m1/s1. The number of nitrogens with two attached hydrogens (primary N) is 1. The van der Waals surface area contributed by atoms with Crippen LogP contribution in [0.4, 0.5) is 5.69 Å². The number of amides is 1. The van der Waals surface area contributed by atoms with Crippen LogP contribution in [0.2, 0.25) is 0 Å². The van der Waals surface area contributed by atoms with Crippen LogP contribution >= 0.6 is 0 Å². The average molecular weight is 462 g/mol. The van der Waals surface area contributed by atoms with E-state index in [0.29, 0.717) is 42.4 Å². The Bertz CT molecular complexity index is 1070. The summed E-state index contributed by atoms with van der Waals surface area (Å²) >= 11 is 0. The molecule has 0 unspecified atom stereocenters. The molecule has 2 aromatic carbocycles. The molecule has 0 radical (unpaired) electrons. The Labute approximate surface area is 187 Å². The predicted molar refractivity (Wildman–Crippen MR) is 120 cm³/mol. The predicted octanol–water partition coefficient (Wildman–Crippen LogP) is 0.650. The van der Waals surface area contributed by atoms with E-state index in [4.69, 9.17) is 15.4 Å². The second-order valence-electron chi connectivity index (χ2n) is 7.74. The monoisotopic (exact) mass is 461 g/mol. The van der Waals surface area contributed by atoms with Gasteiger partial charge in [0.05, 0.1) is 17.1 Å². The molecular weight excluding hydrogens is 432 g/mol. The molecule has 1 fully saturated rings. The minimum Gasteiger partial charge on any atom is -0.494 e. The SMILES string of the molecule is CCOc1ccc(S(=O)(=O)N2C[C@@H](C)[C@@H](Nc3ccccc3C(=[NH2+])CC(=O)NO)C2)cc1. The van der Waals surface area contributed by atoms with Gasteiger partial charge in [-0.25, -0.2) is 13.9 Å². The molecular formula is C22H29N4O5S+. The summed E-state index contributed by atoms with van der Waals surface area (Å²) in [6.07, 6.45) is -0.159. The fourth-order valence-electron chi connectivity index (χ4n) is 3.73. The van der Waals surface area contributed by atoms with E-state index in [1.54, 1.807) is 41.9 Å². The molecule has 2 aromatic rings. The van der Waals surface area contributed by atoms with E-state index in [0.717, 1.165) is 0 Å². The Balaban J connectivity index is 1.75. The summed E-state index contributed by atoms with van der Waals surface area (Å²) < 4.78 is 33.1. The number of hydrogen-bond donors (Lipinski definition) is 4. The van der Waals surface area contributed by atoms with Crippen molar-refractivity contribution in [3.05, 3.63) is 54.1 Å². The van der Waals surface area contributed by atoms with Gasteiger partial charge in [0.1, 0.15) is 12.2 Å². The highest BCUT2D eigenvalue weighted by Gasteiger charge is 2.37. The smallest absolute Gasteiger partial charge is 0.253 e. The minimum absolute atomic E-state index is 0.0440. The second kappa shape index (κ2) is 10.1. The van der Waals surface area contributed by atoms with Gasteiger partial charge in [0.15, 0.2) is 5.71 Å². The molecule has 32 heavy (non-hydrogen) atoms. The van der Waals surface area contributed by atoms with Crippen LogP contribution in [-0.4, -0.2) is 55.3 Å². The number of sulfonamides is 1. The quantitative estimate of drug-likeness (QED) is 0.246. The summed E-state index contributed by atoms with van der Waals surface area (Å²) in [5, 5.41) is 18.2. The highest BCUT2D eigenvalue weighted by molar-refractivity contribution is 7.89. The van der Waals surface area contributed by atoms with Crippen molar-refractivity contribution in [2.75, 3.05) is 25.0 Å². The maximum absolute atomic E-state index is 13.1. The molecule has 9 nitrogen and oxygen atoms in total. The summed E-state index contributed by atoms with van der Waals surface area (Å²) in [7, 11) is -3.65. The van der Waals surface area contributed by atoms with Gasteiger partial charge in [-0.15, -0.1) is 0 Å². The lowest BCUT2D eigenvalue weighted by Gasteiger charge is -2.20. The number of rotatable bonds is 9. The van der Waals surface area contributed by atoms with Gasteiger partial charge in [-0.2, -0.15) is 4.31 Å². The summed E-state index contributed by atoms with van der Waals surface area (Å²) in [4.78, 5) is 11.7. The lowest BCUT2D eigenvalue weighted by atomic mass is 10.0. The molecule has 0 bridgehead atoms. The van der Waals surface area contributed by atoms with Crippen molar-refractivity contribution in [2.45, 2.75) is 31.2 Å². The number of nitrogens with zero attached hydrogens (tertiary/aromatic N) is 1. The van der Waals surface area contributed by atoms with Crippen LogP contribution in [0.3, 0.4) is 0 Å². The molecule has 3 rings (SSSR count). The Hall–Kier alpha value is -2.95. The van der Waals surface area contributed by atoms with E-state index in [2.05, 4.69) is 5.32 Å². The van der Waals surface area contributed by atoms with Crippen LogP contribution in [0.25, 0.3) is 0 Å². The minimum atomic E-state index is -3.65. The van der Waals surface area contributed by atoms with Crippen molar-refractivity contribution in [3.8, 4) is 5.75 Å². The van der Waals surface area contributed by atoms with E-state index >= 15 is 0 Å². The van der Waals surface area contributed by atoms with Gasteiger partial charge in [-0.1, -0.05) is 19.1 Å². The van der Waals surface area contributed by atoms with E-state index in [-0.39, 0.29) is 23.3 Å². The molecule has 0 saturated carbocycles. The highest BCUT2D eigenvalue weighted by atomic mass is 32.2. The number of benzene rings is 2. The number of para-hydroxylation sites is 1. The maximum atomic E-state index is 13.1. The number of carbonyl (C=O) groups excluding carboxylic acids is 1. The van der Waals surface area contributed by atoms with Gasteiger partial charge in [-0.3, -0.25) is 15.4 Å². The molecule has 1 amide bonds. The van der Waals surface area contributed by atoms with E-state index in [9.17, 15) is 13.2 Å². The van der Waals surface area contributed by atoms with Gasteiger partial charge >= 0.3 is 0 Å². The molecule has 10 heteroatoms. The number of nitrogens with one attached hydrogen (secondary N) is 2. The first-order chi connectivity index (χ1) is 15.3. The third kappa shape index (κ3) is 5.26. The summed E-state index contributed by atoms with van der Waals surface area (Å²) in [5.41, 5.74) is 3.20. The molecule has 0 aromatic heterocycles. The van der Waals surface area contributed by atoms with Crippen molar-refractivity contribution >= 4 is 27.3 Å². The molecule has 1 aliphatic heterocycles. The highest BCUT2D eigenvalue weighted by Crippen LogP contribution is 2.28. The fourth-order valence-corrected chi connectivity index (χ4v) is 5.29. The van der Waals surface area contributed by atoms with Crippen LogP contribution in [0, 0.1) is 5.92 Å². The van der Waals surface area contributed by atoms with Crippen LogP contribution < -0.4 is 20.9 Å². The van der Waals surface area contributed by atoms with Crippen molar-refractivity contribution in [1.82, 2.24) is 9.79 Å². The largest absolute Gasteiger partial charge is 0.494 e. The number of ether oxygens (including phenoxy) is 1. The van der Waals surface area contributed by atoms with Crippen molar-refractivity contribution in [1.29, 1.82) is 0 Å². The number of hydrogen-bond acceptors (Lipinski definition) is 6. The topological polar surface area (TPSA) is 134 Å². The van der Waals surface area contributed by atoms with Gasteiger partial charge in [0, 0.05) is 24.8 Å². The lowest BCUT2D eigenvalue weighted by molar-refractivity contribution is -0.132. The summed E-state index contributed by atoms with van der Waals surface area (Å²) in [6.45, 7) is 5.04. The molecule has 1 aliphatic rings. The number of anilines is 1. The molecule has 0 aliphatic carbocycles. The maximum Gasteiger partial charge on any atom is 0.253 e. The second-order valence-corrected chi connectivity index (χ2v) is 9.68. The Morgan fingerprint density at radius 3 is 2.53 bits per heavy atom. The molecule has 5 N–H and O–H groups in total. The zero-order valence-electron chi connectivity index (χ0n) is 18.1. The molecule has 172 valence electrons. The van der Waals surface area contributed by atoms with Gasteiger partial charge in [0.25, 0.3) is 5.91 Å². The zero-order valence-corrected chi connectivity index (χ0v) is 18.9. The molecule has 2 atom stereocenters. The van der Waals surface area contributed by atoms with Gasteiger partial charge in [0.2, 0.25) is 10.0 Å². The zero-order chi connectivity index (χ0) is 23.3. The normalized spacial score (nSPS) is 18.8. The third-order valence-electron chi connectivity index (χ3n) is 5.44. The first kappa shape index (κ1) is 23.7. The molecule has 0 spiro atoms. The van der Waals surface area contributed by atoms with E-state index < -0.39 is 15.9 Å². The number of carbonyl (C=O) groups is 1. The van der Waals surface area contributed by atoms with Crippen molar-refractivity contribution in [2.24, 2.45) is 5.92 Å². The van der Waals surface area contributed by atoms with Crippen molar-refractivity contribution < 1.29 is 28.6 Å². The molecule has 1 heterocycles. The Kier molecular flexibility index (Phi) is 7.49. The third-order valence-corrected chi connectivity index (χ3v) is 7.29. The van der Waals surface area contributed by atoms with Crippen LogP contribution in [-0.2, 0) is 14.8 Å². The van der Waals surface area contributed by atoms with E-state index in [1.807, 2.05) is 26.0 Å². The summed E-state index contributed by atoms with van der Waals surface area (Å²) in [6, 6.07) is 13.5. The van der Waals surface area contributed by atoms with Gasteiger partial charge in [-0.05, 0) is 49.2 Å². The lowest BCUT2D eigenvalue weighted by Crippen LogP contribution is -2.43.